The van der Waals surface area contributed by atoms with E-state index < -0.39 is 0 Å². The molecule has 0 spiro atoms. The van der Waals surface area contributed by atoms with Gasteiger partial charge in [-0.1, -0.05) is 274 Å². The van der Waals surface area contributed by atoms with E-state index in [0.717, 1.165) is 95.1 Å². The van der Waals surface area contributed by atoms with Gasteiger partial charge < -0.3 is 19.0 Å². The van der Waals surface area contributed by atoms with E-state index in [1.165, 1.54) is 87.4 Å². The van der Waals surface area contributed by atoms with Gasteiger partial charge in [0, 0.05) is 60.1 Å². The van der Waals surface area contributed by atoms with Crippen LogP contribution in [0.15, 0.2) is 287 Å². The number of anilines is 6. The number of hydrogen-bond donors (Lipinski definition) is 0. The number of fused-ring (bicyclic) bond motifs is 11. The van der Waals surface area contributed by atoms with Crippen LogP contribution in [-0.2, 0) is 16.2 Å². The second-order valence-corrected chi connectivity index (χ2v) is 31.1. The number of rotatable bonds is 7. The van der Waals surface area contributed by atoms with Gasteiger partial charge in [-0.15, -0.1) is 0 Å². The van der Waals surface area contributed by atoms with Gasteiger partial charge in [0.15, 0.2) is 0 Å². The maximum absolute atomic E-state index is 7.61. The van der Waals surface area contributed by atoms with E-state index in [0.29, 0.717) is 0 Å². The first-order chi connectivity index (χ1) is 47.0. The number of para-hydroxylation sites is 1. The Hall–Kier alpha value is -10.5. The molecule has 7 heteroatoms. The average molecular weight is 1270 g/mol. The lowest BCUT2D eigenvalue weighted by molar-refractivity contribution is 0.488. The van der Waals surface area contributed by atoms with Crippen LogP contribution in [0.3, 0.4) is 0 Å². The molecule has 0 atom stereocenters. The molecule has 0 bridgehead atoms. The molecule has 14 aromatic rings. The Morgan fingerprint density at radius 2 is 0.845 bits per heavy atom. The lowest BCUT2D eigenvalue weighted by atomic mass is 9.31. The van der Waals surface area contributed by atoms with Crippen molar-refractivity contribution in [3.8, 4) is 67.1 Å². The fourth-order valence-corrected chi connectivity index (χ4v) is 17.1. The highest BCUT2D eigenvalue weighted by molar-refractivity contribution is 8.00. The van der Waals surface area contributed by atoms with Gasteiger partial charge in [-0.25, -0.2) is 0 Å². The van der Waals surface area contributed by atoms with Crippen molar-refractivity contribution in [2.45, 2.75) is 88.3 Å². The SMILES string of the molecule is CC(C)(C)c1ccc(N2c3cc4c(cc3B3c5ccc(-c6ccccc6)cc5Oc5cc(-c6cccc7oc8ccccc8c67)cc2c53)B2c3ccc(-c5ccccc5)cc3Sc3cc(C(C)(C)C)cc(c32)N4c2c(-c3ccccc3)cc(C(C)(C)C)cc2-c2ccccc2)cc1. The van der Waals surface area contributed by atoms with Gasteiger partial charge in [-0.2, -0.15) is 0 Å². The molecule has 13 aromatic carbocycles. The Kier molecular flexibility index (Phi) is 13.4. The Morgan fingerprint density at radius 3 is 1.47 bits per heavy atom. The number of ether oxygens (including phenoxy) is 1. The van der Waals surface area contributed by atoms with Crippen LogP contribution in [0.2, 0.25) is 0 Å². The second-order valence-electron chi connectivity index (χ2n) is 30.0. The molecule has 0 N–H and O–H groups in total. The highest BCUT2D eigenvalue weighted by Crippen LogP contribution is 2.54. The average Bonchev–Trinajstić information content (AvgIpc) is 1.01. The highest BCUT2D eigenvalue weighted by Gasteiger charge is 2.48. The number of furan rings is 1. The highest BCUT2D eigenvalue weighted by atomic mass is 32.2. The van der Waals surface area contributed by atoms with Crippen LogP contribution in [0.1, 0.15) is 79.0 Å². The van der Waals surface area contributed by atoms with Crippen LogP contribution >= 0.6 is 11.8 Å². The smallest absolute Gasteiger partial charge is 0.256 e. The van der Waals surface area contributed by atoms with Gasteiger partial charge in [0.25, 0.3) is 6.71 Å². The Labute approximate surface area is 574 Å². The summed E-state index contributed by atoms with van der Waals surface area (Å²) in [5.74, 6) is 1.70. The third kappa shape index (κ3) is 9.66. The van der Waals surface area contributed by atoms with Gasteiger partial charge in [0.2, 0.25) is 6.71 Å². The molecule has 0 unspecified atom stereocenters. The zero-order chi connectivity index (χ0) is 65.8. The van der Waals surface area contributed by atoms with E-state index in [1.807, 2.05) is 11.8 Å². The van der Waals surface area contributed by atoms with E-state index in [9.17, 15) is 0 Å². The molecule has 5 heterocycles. The van der Waals surface area contributed by atoms with Crippen LogP contribution < -0.4 is 47.3 Å². The standard InChI is InChI=1S/C90H72B2N2O2S/c1-88(2,3)62-39-41-65(42-40-62)93-74-54-75-73(53-72(74)91-70-43-37-59(55-25-14-10-15-26-55)46-80(70)96-81-47-61(45-76(93)85(81)91)66-34-24-36-79-84(66)67-33-22-23-35-78(67)95-79)92-71-44-38-60(56-27-16-11-17-28-56)48-82(71)97-83-52-64(90(7,8)9)51-77(86(83)92)94(75)87-68(57-29-18-12-19-30-57)49-63(89(4,5)6)50-69(87)58-31-20-13-21-32-58/h10-54H,1-9H3. The van der Waals surface area contributed by atoms with E-state index in [4.69, 9.17) is 9.15 Å². The summed E-state index contributed by atoms with van der Waals surface area (Å²) in [6, 6.07) is 103. The molecular formula is C90H72B2N2O2S. The van der Waals surface area contributed by atoms with E-state index in [1.54, 1.807) is 0 Å². The monoisotopic (exact) mass is 1270 g/mol. The number of benzene rings is 13. The molecule has 466 valence electrons. The normalized spacial score (nSPS) is 13.6. The fraction of sp³-hybridized carbons (Fsp3) is 0.133. The molecule has 4 nitrogen and oxygen atoms in total. The van der Waals surface area contributed by atoms with Gasteiger partial charge in [0.05, 0.1) is 5.69 Å². The molecule has 4 aliphatic heterocycles. The van der Waals surface area contributed by atoms with Crippen molar-refractivity contribution in [3.05, 3.63) is 290 Å². The molecule has 1 aromatic heterocycles. The molecule has 0 saturated heterocycles. The van der Waals surface area contributed by atoms with Crippen LogP contribution in [-0.4, -0.2) is 13.4 Å². The summed E-state index contributed by atoms with van der Waals surface area (Å²) >= 11 is 1.94. The summed E-state index contributed by atoms with van der Waals surface area (Å²) in [6.07, 6.45) is 0. The summed E-state index contributed by atoms with van der Waals surface area (Å²) in [4.78, 5) is 7.89. The minimum absolute atomic E-state index is 0.0751. The minimum atomic E-state index is -0.232. The van der Waals surface area contributed by atoms with Crippen LogP contribution in [0.5, 0.6) is 11.5 Å². The zero-order valence-corrected chi connectivity index (χ0v) is 57.1. The third-order valence-corrected chi connectivity index (χ3v) is 22.0. The summed E-state index contributed by atoms with van der Waals surface area (Å²) in [7, 11) is 0. The fourth-order valence-electron chi connectivity index (χ4n) is 15.8. The summed E-state index contributed by atoms with van der Waals surface area (Å²) < 4.78 is 14.3. The second kappa shape index (κ2) is 22.0. The molecule has 4 aliphatic rings. The maximum Gasteiger partial charge on any atom is 0.256 e. The van der Waals surface area contributed by atoms with Crippen molar-refractivity contribution in [3.63, 3.8) is 0 Å². The maximum atomic E-state index is 7.61. The first-order valence-electron chi connectivity index (χ1n) is 34.2. The lowest BCUT2D eigenvalue weighted by Gasteiger charge is -2.45. The molecular weight excluding hydrogens is 1190 g/mol. The van der Waals surface area contributed by atoms with Crippen molar-refractivity contribution in [2.75, 3.05) is 9.80 Å². The van der Waals surface area contributed by atoms with Crippen molar-refractivity contribution in [1.82, 2.24) is 0 Å². The van der Waals surface area contributed by atoms with Crippen molar-refractivity contribution >= 4 is 114 Å². The Morgan fingerprint density at radius 1 is 0.320 bits per heavy atom. The van der Waals surface area contributed by atoms with Crippen LogP contribution in [0, 0.1) is 0 Å². The predicted molar refractivity (Wildman–Crippen MR) is 413 cm³/mol. The van der Waals surface area contributed by atoms with Gasteiger partial charge >= 0.3 is 0 Å². The summed E-state index contributed by atoms with van der Waals surface area (Å²) in [6.45, 7) is 20.7. The van der Waals surface area contributed by atoms with Crippen molar-refractivity contribution in [1.29, 1.82) is 0 Å². The molecule has 0 radical (unpaired) electrons. The van der Waals surface area contributed by atoms with E-state index >= 15 is 0 Å². The predicted octanol–water partition coefficient (Wildman–Crippen LogP) is 21.0. The van der Waals surface area contributed by atoms with Crippen molar-refractivity contribution < 1.29 is 9.15 Å². The Bertz CT molecular complexity index is 5470. The number of nitrogens with zero attached hydrogens (tertiary/aromatic N) is 2. The van der Waals surface area contributed by atoms with E-state index in [-0.39, 0.29) is 29.7 Å². The van der Waals surface area contributed by atoms with Gasteiger partial charge in [-0.3, -0.25) is 0 Å². The summed E-state index contributed by atoms with van der Waals surface area (Å²) in [5.41, 5.74) is 30.8. The van der Waals surface area contributed by atoms with Crippen LogP contribution in [0.4, 0.5) is 34.1 Å². The largest absolute Gasteiger partial charge is 0.458 e. The molecule has 0 fully saturated rings. The number of hydrogen-bond acceptors (Lipinski definition) is 5. The first-order valence-corrected chi connectivity index (χ1v) is 35.0. The minimum Gasteiger partial charge on any atom is -0.458 e. The van der Waals surface area contributed by atoms with Gasteiger partial charge in [0.1, 0.15) is 22.7 Å². The van der Waals surface area contributed by atoms with Crippen LogP contribution in [0.25, 0.3) is 77.6 Å². The summed E-state index contributed by atoms with van der Waals surface area (Å²) in [5, 5.41) is 2.17. The first kappa shape index (κ1) is 59.1. The molecule has 0 aliphatic carbocycles. The quantitative estimate of drug-likeness (QED) is 0.148. The topological polar surface area (TPSA) is 28.9 Å². The molecule has 97 heavy (non-hydrogen) atoms. The third-order valence-electron chi connectivity index (χ3n) is 20.8. The molecule has 18 rings (SSSR count). The van der Waals surface area contributed by atoms with Gasteiger partial charge in [-0.05, 0) is 184 Å². The molecule has 0 amide bonds. The lowest BCUT2D eigenvalue weighted by Crippen LogP contribution is -2.64. The molecule has 0 saturated carbocycles. The van der Waals surface area contributed by atoms with Crippen molar-refractivity contribution in [2.24, 2.45) is 0 Å². The zero-order valence-electron chi connectivity index (χ0n) is 56.3. The van der Waals surface area contributed by atoms with E-state index in [2.05, 4.69) is 345 Å². The Balaban J connectivity index is 0.998.